The van der Waals surface area contributed by atoms with E-state index >= 15 is 0 Å². The van der Waals surface area contributed by atoms with Crippen molar-refractivity contribution in [2.75, 3.05) is 18.5 Å². The number of pyridine rings is 1. The van der Waals surface area contributed by atoms with Gasteiger partial charge in [0.05, 0.1) is 11.9 Å². The molecule has 22 heavy (non-hydrogen) atoms. The molecule has 0 spiro atoms. The van der Waals surface area contributed by atoms with Gasteiger partial charge < -0.3 is 4.90 Å². The van der Waals surface area contributed by atoms with Crippen molar-refractivity contribution in [1.29, 1.82) is 0 Å². The Morgan fingerprint density at radius 2 is 1.77 bits per heavy atom. The van der Waals surface area contributed by atoms with Gasteiger partial charge in [0.1, 0.15) is 0 Å². The maximum absolute atomic E-state index is 12.2. The van der Waals surface area contributed by atoms with Crippen molar-refractivity contribution < 1.29 is 4.79 Å². The zero-order chi connectivity index (χ0) is 15.2. The van der Waals surface area contributed by atoms with E-state index < -0.39 is 0 Å². The highest BCUT2D eigenvalue weighted by atomic mass is 16.2. The Hall–Kier alpha value is -2.69. The summed E-state index contributed by atoms with van der Waals surface area (Å²) in [6.45, 7) is 1.74. The van der Waals surface area contributed by atoms with Gasteiger partial charge in [-0.25, -0.2) is 0 Å². The molecule has 3 rings (SSSR count). The van der Waals surface area contributed by atoms with Crippen molar-refractivity contribution >= 4 is 17.8 Å². The van der Waals surface area contributed by atoms with E-state index in [4.69, 9.17) is 0 Å². The van der Waals surface area contributed by atoms with Gasteiger partial charge in [-0.3, -0.25) is 15.2 Å². The van der Waals surface area contributed by atoms with E-state index in [2.05, 4.69) is 15.5 Å². The SMILES string of the molecule is O=C(c1ccc(N/N=C/c2ccncc2)cc1)N1CCCC1. The summed E-state index contributed by atoms with van der Waals surface area (Å²) in [5.41, 5.74) is 5.51. The Kier molecular flexibility index (Phi) is 4.44. The van der Waals surface area contributed by atoms with Crippen LogP contribution in [0.15, 0.2) is 53.9 Å². The molecule has 1 amide bonds. The first-order valence-corrected chi connectivity index (χ1v) is 7.41. The van der Waals surface area contributed by atoms with Crippen LogP contribution in [-0.4, -0.2) is 35.1 Å². The van der Waals surface area contributed by atoms with Crippen LogP contribution in [-0.2, 0) is 0 Å². The Labute approximate surface area is 129 Å². The molecular weight excluding hydrogens is 276 g/mol. The highest BCUT2D eigenvalue weighted by Crippen LogP contribution is 2.15. The number of anilines is 1. The number of rotatable bonds is 4. The fourth-order valence-electron chi connectivity index (χ4n) is 2.42. The maximum atomic E-state index is 12.2. The van der Waals surface area contributed by atoms with Gasteiger partial charge in [-0.1, -0.05) is 0 Å². The molecule has 1 aliphatic rings. The lowest BCUT2D eigenvalue weighted by molar-refractivity contribution is 0.0793. The molecule has 0 unspecified atom stereocenters. The first-order valence-electron chi connectivity index (χ1n) is 7.41. The van der Waals surface area contributed by atoms with Crippen molar-refractivity contribution in [2.45, 2.75) is 12.8 Å². The number of carbonyl (C=O) groups is 1. The molecule has 1 aliphatic heterocycles. The van der Waals surface area contributed by atoms with Gasteiger partial charge in [-0.15, -0.1) is 0 Å². The van der Waals surface area contributed by atoms with E-state index in [1.165, 1.54) is 0 Å². The average molecular weight is 294 g/mol. The van der Waals surface area contributed by atoms with Crippen LogP contribution in [0.25, 0.3) is 0 Å². The molecule has 1 aromatic carbocycles. The molecule has 5 heteroatoms. The molecule has 5 nitrogen and oxygen atoms in total. The van der Waals surface area contributed by atoms with Gasteiger partial charge in [-0.05, 0) is 54.8 Å². The molecule has 0 atom stereocenters. The van der Waals surface area contributed by atoms with Crippen LogP contribution in [0, 0.1) is 0 Å². The number of carbonyl (C=O) groups excluding carboxylic acids is 1. The normalized spacial score (nSPS) is 14.5. The van der Waals surface area contributed by atoms with Crippen molar-refractivity contribution in [3.63, 3.8) is 0 Å². The van der Waals surface area contributed by atoms with E-state index in [1.54, 1.807) is 18.6 Å². The van der Waals surface area contributed by atoms with E-state index in [0.29, 0.717) is 0 Å². The third-order valence-corrected chi connectivity index (χ3v) is 3.64. The van der Waals surface area contributed by atoms with Crippen LogP contribution < -0.4 is 5.43 Å². The Bertz CT molecular complexity index is 646. The lowest BCUT2D eigenvalue weighted by Gasteiger charge is -2.15. The monoisotopic (exact) mass is 294 g/mol. The summed E-state index contributed by atoms with van der Waals surface area (Å²) in [6.07, 6.45) is 7.38. The number of nitrogens with one attached hydrogen (secondary N) is 1. The molecule has 112 valence electrons. The summed E-state index contributed by atoms with van der Waals surface area (Å²) in [5.74, 6) is 0.115. The summed E-state index contributed by atoms with van der Waals surface area (Å²) < 4.78 is 0. The van der Waals surface area contributed by atoms with Crippen LogP contribution in [0.3, 0.4) is 0 Å². The zero-order valence-corrected chi connectivity index (χ0v) is 12.3. The van der Waals surface area contributed by atoms with Crippen molar-refractivity contribution in [2.24, 2.45) is 5.10 Å². The Morgan fingerprint density at radius 1 is 1.09 bits per heavy atom. The van der Waals surface area contributed by atoms with Gasteiger partial charge in [-0.2, -0.15) is 5.10 Å². The number of aromatic nitrogens is 1. The average Bonchev–Trinajstić information content (AvgIpc) is 3.10. The molecule has 0 aliphatic carbocycles. The van der Waals surface area contributed by atoms with E-state index in [1.807, 2.05) is 41.3 Å². The number of amides is 1. The number of benzene rings is 1. The molecule has 2 aromatic rings. The maximum Gasteiger partial charge on any atom is 0.253 e. The summed E-state index contributed by atoms with van der Waals surface area (Å²) in [4.78, 5) is 18.1. The van der Waals surface area contributed by atoms with Gasteiger partial charge >= 0.3 is 0 Å². The molecule has 1 N–H and O–H groups in total. The standard InChI is InChI=1S/C17H18N4O/c22-17(21-11-1-2-12-21)15-3-5-16(6-4-15)20-19-13-14-7-9-18-10-8-14/h3-10,13,20H,1-2,11-12H2/b19-13+. The van der Waals surface area contributed by atoms with Crippen molar-refractivity contribution in [3.8, 4) is 0 Å². The minimum absolute atomic E-state index is 0.115. The number of likely N-dealkylation sites (tertiary alicyclic amines) is 1. The fourth-order valence-corrected chi connectivity index (χ4v) is 2.42. The van der Waals surface area contributed by atoms with E-state index in [0.717, 1.165) is 42.7 Å². The largest absolute Gasteiger partial charge is 0.339 e. The smallest absolute Gasteiger partial charge is 0.253 e. The second-order valence-corrected chi connectivity index (χ2v) is 5.23. The minimum atomic E-state index is 0.115. The summed E-state index contributed by atoms with van der Waals surface area (Å²) in [5, 5.41) is 4.17. The first-order chi connectivity index (χ1) is 10.8. The molecule has 1 saturated heterocycles. The highest BCUT2D eigenvalue weighted by molar-refractivity contribution is 5.94. The van der Waals surface area contributed by atoms with Crippen LogP contribution in [0.2, 0.25) is 0 Å². The van der Waals surface area contributed by atoms with Crippen LogP contribution >= 0.6 is 0 Å². The minimum Gasteiger partial charge on any atom is -0.339 e. The van der Waals surface area contributed by atoms with Gasteiger partial charge in [0.15, 0.2) is 0 Å². The summed E-state index contributed by atoms with van der Waals surface area (Å²) in [6, 6.07) is 11.2. The Balaban J connectivity index is 1.59. The number of hydrogen-bond donors (Lipinski definition) is 1. The quantitative estimate of drug-likeness (QED) is 0.697. The molecule has 1 aromatic heterocycles. The molecule has 0 radical (unpaired) electrons. The predicted molar refractivity (Wildman–Crippen MR) is 87.0 cm³/mol. The van der Waals surface area contributed by atoms with E-state index in [9.17, 15) is 4.79 Å². The van der Waals surface area contributed by atoms with Crippen LogP contribution in [0.1, 0.15) is 28.8 Å². The van der Waals surface area contributed by atoms with E-state index in [-0.39, 0.29) is 5.91 Å². The zero-order valence-electron chi connectivity index (χ0n) is 12.3. The van der Waals surface area contributed by atoms with Gasteiger partial charge in [0.25, 0.3) is 5.91 Å². The molecule has 0 saturated carbocycles. The molecule has 1 fully saturated rings. The van der Waals surface area contributed by atoms with Crippen LogP contribution in [0.5, 0.6) is 0 Å². The van der Waals surface area contributed by atoms with Gasteiger partial charge in [0, 0.05) is 31.0 Å². The Morgan fingerprint density at radius 3 is 2.45 bits per heavy atom. The number of nitrogens with zero attached hydrogens (tertiary/aromatic N) is 3. The number of hydrogen-bond acceptors (Lipinski definition) is 4. The van der Waals surface area contributed by atoms with Crippen molar-refractivity contribution in [1.82, 2.24) is 9.88 Å². The van der Waals surface area contributed by atoms with Crippen molar-refractivity contribution in [3.05, 3.63) is 59.9 Å². The second-order valence-electron chi connectivity index (χ2n) is 5.23. The topological polar surface area (TPSA) is 57.6 Å². The molecular formula is C17H18N4O. The summed E-state index contributed by atoms with van der Waals surface area (Å²) in [7, 11) is 0. The predicted octanol–water partition coefficient (Wildman–Crippen LogP) is 2.76. The fraction of sp³-hybridized carbons (Fsp3) is 0.235. The van der Waals surface area contributed by atoms with Gasteiger partial charge in [0.2, 0.25) is 0 Å². The second kappa shape index (κ2) is 6.85. The third kappa shape index (κ3) is 3.49. The third-order valence-electron chi connectivity index (χ3n) is 3.64. The lowest BCUT2D eigenvalue weighted by atomic mass is 10.2. The molecule has 0 bridgehead atoms. The summed E-state index contributed by atoms with van der Waals surface area (Å²) >= 11 is 0. The highest BCUT2D eigenvalue weighted by Gasteiger charge is 2.18. The lowest BCUT2D eigenvalue weighted by Crippen LogP contribution is -2.27. The molecule has 2 heterocycles. The van der Waals surface area contributed by atoms with Crippen LogP contribution in [0.4, 0.5) is 5.69 Å². The number of hydrazone groups is 1. The first kappa shape index (κ1) is 14.3.